The number of ether oxygens (including phenoxy) is 2. The fourth-order valence-electron chi connectivity index (χ4n) is 3.40. The summed E-state index contributed by atoms with van der Waals surface area (Å²) in [6.45, 7) is 4.24. The highest BCUT2D eigenvalue weighted by Crippen LogP contribution is 2.33. The fourth-order valence-corrected chi connectivity index (χ4v) is 4.21. The smallest absolute Gasteiger partial charge is 0.231 e. The van der Waals surface area contributed by atoms with Crippen LogP contribution < -0.4 is 9.47 Å². The minimum atomic E-state index is -3.42. The molecule has 0 N–H and O–H groups in total. The van der Waals surface area contributed by atoms with Crippen LogP contribution in [0.5, 0.6) is 11.5 Å². The van der Waals surface area contributed by atoms with E-state index in [1.165, 1.54) is 10.6 Å². The molecule has 0 radical (unpaired) electrons. The third-order valence-corrected chi connectivity index (χ3v) is 6.10. The summed E-state index contributed by atoms with van der Waals surface area (Å²) >= 11 is 0. The van der Waals surface area contributed by atoms with Gasteiger partial charge >= 0.3 is 0 Å². The third kappa shape index (κ3) is 4.67. The molecule has 0 aliphatic carbocycles. The number of hydrogen-bond donors (Lipinski definition) is 0. The van der Waals surface area contributed by atoms with Gasteiger partial charge in [0.15, 0.2) is 11.5 Å². The van der Waals surface area contributed by atoms with E-state index in [-0.39, 0.29) is 32.2 Å². The summed E-state index contributed by atoms with van der Waals surface area (Å²) in [7, 11) is -3.42. The van der Waals surface area contributed by atoms with Crippen LogP contribution >= 0.6 is 0 Å². The average Bonchev–Trinajstić information content (AvgIpc) is 3.05. The molecule has 1 amide bonds. The number of amides is 1. The van der Waals surface area contributed by atoms with E-state index in [0.717, 1.165) is 31.5 Å². The summed E-state index contributed by atoms with van der Waals surface area (Å²) < 4.78 is 36.3. The Kier molecular flexibility index (Phi) is 5.72. The maximum atomic E-state index is 12.4. The SMILES string of the molecule is CC1CCCN(C(=O)CCN(Cc2ccc3c(c2)OCO3)S(C)(=O)=O)C1. The minimum Gasteiger partial charge on any atom is -0.454 e. The van der Waals surface area contributed by atoms with E-state index in [1.54, 1.807) is 12.1 Å². The lowest BCUT2D eigenvalue weighted by Gasteiger charge is -2.31. The highest BCUT2D eigenvalue weighted by molar-refractivity contribution is 7.88. The van der Waals surface area contributed by atoms with Crippen LogP contribution in [0.25, 0.3) is 0 Å². The first-order valence-corrected chi connectivity index (χ1v) is 10.8. The monoisotopic (exact) mass is 382 g/mol. The zero-order valence-corrected chi connectivity index (χ0v) is 16.1. The summed E-state index contributed by atoms with van der Waals surface area (Å²) in [5.41, 5.74) is 0.804. The van der Waals surface area contributed by atoms with Crippen LogP contribution in [-0.2, 0) is 21.4 Å². The second-order valence-electron chi connectivity index (χ2n) is 7.12. The Bertz CT molecular complexity index is 765. The summed E-state index contributed by atoms with van der Waals surface area (Å²) in [6, 6.07) is 5.38. The summed E-state index contributed by atoms with van der Waals surface area (Å²) in [5, 5.41) is 0. The standard InChI is InChI=1S/C18H26N2O5S/c1-14-4-3-8-19(11-14)18(21)7-9-20(26(2,22)23)12-15-5-6-16-17(10-15)25-13-24-16/h5-6,10,14H,3-4,7-9,11-13H2,1-2H3. The van der Waals surface area contributed by atoms with Crippen LogP contribution in [0, 0.1) is 5.92 Å². The molecule has 1 atom stereocenters. The molecule has 26 heavy (non-hydrogen) atoms. The van der Waals surface area contributed by atoms with Gasteiger partial charge in [0.1, 0.15) is 0 Å². The Labute approximate surface area is 154 Å². The van der Waals surface area contributed by atoms with Crippen molar-refractivity contribution in [1.29, 1.82) is 0 Å². The number of piperidine rings is 1. The van der Waals surface area contributed by atoms with Crippen molar-refractivity contribution >= 4 is 15.9 Å². The number of sulfonamides is 1. The Balaban J connectivity index is 1.62. The lowest BCUT2D eigenvalue weighted by atomic mass is 10.00. The van der Waals surface area contributed by atoms with E-state index in [0.29, 0.717) is 17.4 Å². The van der Waals surface area contributed by atoms with E-state index in [9.17, 15) is 13.2 Å². The molecule has 144 valence electrons. The molecule has 3 rings (SSSR count). The Morgan fingerprint density at radius 2 is 2.08 bits per heavy atom. The molecule has 2 aliphatic rings. The molecule has 1 fully saturated rings. The fraction of sp³-hybridized carbons (Fsp3) is 0.611. The molecule has 2 heterocycles. The lowest BCUT2D eigenvalue weighted by molar-refractivity contribution is -0.133. The van der Waals surface area contributed by atoms with Crippen LogP contribution in [0.15, 0.2) is 18.2 Å². The third-order valence-electron chi connectivity index (χ3n) is 4.85. The van der Waals surface area contributed by atoms with E-state index in [1.807, 2.05) is 11.0 Å². The number of nitrogens with zero attached hydrogens (tertiary/aromatic N) is 2. The van der Waals surface area contributed by atoms with E-state index in [2.05, 4.69) is 6.92 Å². The predicted octanol–water partition coefficient (Wildman–Crippen LogP) is 1.83. The molecule has 1 unspecified atom stereocenters. The van der Waals surface area contributed by atoms with Crippen molar-refractivity contribution in [2.45, 2.75) is 32.7 Å². The van der Waals surface area contributed by atoms with E-state index in [4.69, 9.17) is 9.47 Å². The number of fused-ring (bicyclic) bond motifs is 1. The van der Waals surface area contributed by atoms with Gasteiger partial charge in [-0.1, -0.05) is 13.0 Å². The molecular formula is C18H26N2O5S. The lowest BCUT2D eigenvalue weighted by Crippen LogP contribution is -2.41. The van der Waals surface area contributed by atoms with Crippen LogP contribution in [-0.4, -0.2) is 56.2 Å². The van der Waals surface area contributed by atoms with Crippen LogP contribution in [0.4, 0.5) is 0 Å². The first-order valence-electron chi connectivity index (χ1n) is 8.94. The maximum absolute atomic E-state index is 12.4. The number of carbonyl (C=O) groups is 1. The van der Waals surface area contributed by atoms with Crippen LogP contribution in [0.3, 0.4) is 0 Å². The molecular weight excluding hydrogens is 356 g/mol. The predicted molar refractivity (Wildman–Crippen MR) is 97.4 cm³/mol. The van der Waals surface area contributed by atoms with Crippen molar-refractivity contribution < 1.29 is 22.7 Å². The van der Waals surface area contributed by atoms with Crippen molar-refractivity contribution in [2.24, 2.45) is 5.92 Å². The number of likely N-dealkylation sites (tertiary alicyclic amines) is 1. The largest absolute Gasteiger partial charge is 0.454 e. The zero-order chi connectivity index (χ0) is 18.7. The molecule has 0 spiro atoms. The van der Waals surface area contributed by atoms with Gasteiger partial charge in [0.2, 0.25) is 22.7 Å². The van der Waals surface area contributed by atoms with Crippen molar-refractivity contribution in [3.63, 3.8) is 0 Å². The second kappa shape index (κ2) is 7.84. The van der Waals surface area contributed by atoms with E-state index >= 15 is 0 Å². The molecule has 0 saturated carbocycles. The molecule has 2 aliphatic heterocycles. The molecule has 1 saturated heterocycles. The Hall–Kier alpha value is -1.80. The van der Waals surface area contributed by atoms with Crippen molar-refractivity contribution in [3.05, 3.63) is 23.8 Å². The first-order chi connectivity index (χ1) is 12.3. The maximum Gasteiger partial charge on any atom is 0.231 e. The van der Waals surface area contributed by atoms with Crippen LogP contribution in [0.2, 0.25) is 0 Å². The molecule has 1 aromatic rings. The van der Waals surface area contributed by atoms with Crippen LogP contribution in [0.1, 0.15) is 31.7 Å². The van der Waals surface area contributed by atoms with Gasteiger partial charge in [0.05, 0.1) is 6.26 Å². The Morgan fingerprint density at radius 3 is 2.81 bits per heavy atom. The molecule has 7 nitrogen and oxygen atoms in total. The zero-order valence-electron chi connectivity index (χ0n) is 15.3. The van der Waals surface area contributed by atoms with Crippen molar-refractivity contribution in [2.75, 3.05) is 32.7 Å². The number of rotatable bonds is 6. The average molecular weight is 382 g/mol. The quantitative estimate of drug-likeness (QED) is 0.750. The highest BCUT2D eigenvalue weighted by atomic mass is 32.2. The highest BCUT2D eigenvalue weighted by Gasteiger charge is 2.24. The molecule has 0 aromatic heterocycles. The Morgan fingerprint density at radius 1 is 1.31 bits per heavy atom. The van der Waals surface area contributed by atoms with Gasteiger partial charge < -0.3 is 14.4 Å². The minimum absolute atomic E-state index is 0.0240. The van der Waals surface area contributed by atoms with Gasteiger partial charge in [-0.3, -0.25) is 4.79 Å². The van der Waals surface area contributed by atoms with Gasteiger partial charge in [-0.25, -0.2) is 8.42 Å². The van der Waals surface area contributed by atoms with Crippen molar-refractivity contribution in [3.8, 4) is 11.5 Å². The normalized spacial score (nSPS) is 19.8. The number of benzene rings is 1. The first kappa shape index (κ1) is 19.0. The van der Waals surface area contributed by atoms with Gasteiger partial charge in [0, 0.05) is 32.6 Å². The van der Waals surface area contributed by atoms with Gasteiger partial charge in [-0.15, -0.1) is 0 Å². The molecule has 8 heteroatoms. The summed E-state index contributed by atoms with van der Waals surface area (Å²) in [5.74, 6) is 1.81. The van der Waals surface area contributed by atoms with Gasteiger partial charge in [-0.05, 0) is 36.5 Å². The molecule has 0 bridgehead atoms. The van der Waals surface area contributed by atoms with Gasteiger partial charge in [-0.2, -0.15) is 4.31 Å². The van der Waals surface area contributed by atoms with Gasteiger partial charge in [0.25, 0.3) is 0 Å². The second-order valence-corrected chi connectivity index (χ2v) is 9.10. The number of carbonyl (C=O) groups excluding carboxylic acids is 1. The topological polar surface area (TPSA) is 76.2 Å². The van der Waals surface area contributed by atoms with E-state index < -0.39 is 10.0 Å². The molecule has 1 aromatic carbocycles. The number of hydrogen-bond acceptors (Lipinski definition) is 5. The summed E-state index contributed by atoms with van der Waals surface area (Å²) in [6.07, 6.45) is 3.53. The van der Waals surface area contributed by atoms with Crippen molar-refractivity contribution in [1.82, 2.24) is 9.21 Å². The summed E-state index contributed by atoms with van der Waals surface area (Å²) in [4.78, 5) is 14.3.